The largest absolute Gasteiger partial charge is 0.497 e. The molecule has 0 saturated carbocycles. The number of aromatic nitrogens is 2. The lowest BCUT2D eigenvalue weighted by molar-refractivity contribution is 0.414. The fraction of sp³-hybridized carbons (Fsp3) is 0.118. The van der Waals surface area contributed by atoms with Crippen molar-refractivity contribution in [3.8, 4) is 16.9 Å². The number of methoxy groups -OCH3 is 1. The van der Waals surface area contributed by atoms with Gasteiger partial charge in [0.05, 0.1) is 19.9 Å². The maximum atomic E-state index is 5.70. The minimum absolute atomic E-state index is 0.735. The van der Waals surface area contributed by atoms with Crippen molar-refractivity contribution in [3.05, 3.63) is 66.5 Å². The third-order valence-corrected chi connectivity index (χ3v) is 3.38. The Labute approximate surface area is 123 Å². The molecule has 4 nitrogen and oxygen atoms in total. The van der Waals surface area contributed by atoms with E-state index in [2.05, 4.69) is 5.10 Å². The van der Waals surface area contributed by atoms with Crippen LogP contribution in [0, 0.1) is 0 Å². The van der Waals surface area contributed by atoms with E-state index >= 15 is 0 Å². The van der Waals surface area contributed by atoms with Gasteiger partial charge in [-0.05, 0) is 35.4 Å². The highest BCUT2D eigenvalue weighted by atomic mass is 16.5. The first-order valence-corrected chi connectivity index (χ1v) is 6.76. The monoisotopic (exact) mass is 279 g/mol. The van der Waals surface area contributed by atoms with Gasteiger partial charge in [0.2, 0.25) is 0 Å². The highest BCUT2D eigenvalue weighted by Gasteiger charge is 2.03. The van der Waals surface area contributed by atoms with Crippen LogP contribution in [0.3, 0.4) is 0 Å². The van der Waals surface area contributed by atoms with Gasteiger partial charge in [0.25, 0.3) is 0 Å². The summed E-state index contributed by atoms with van der Waals surface area (Å²) in [5.41, 5.74) is 9.86. The Hall–Kier alpha value is -2.75. The first-order valence-electron chi connectivity index (χ1n) is 6.76. The van der Waals surface area contributed by atoms with Crippen LogP contribution in [-0.2, 0) is 6.54 Å². The van der Waals surface area contributed by atoms with Gasteiger partial charge in [0, 0.05) is 17.4 Å². The van der Waals surface area contributed by atoms with Gasteiger partial charge in [-0.1, -0.05) is 24.3 Å². The van der Waals surface area contributed by atoms with Crippen molar-refractivity contribution in [1.29, 1.82) is 0 Å². The Morgan fingerprint density at radius 2 is 1.71 bits per heavy atom. The Morgan fingerprint density at radius 1 is 1.00 bits per heavy atom. The minimum Gasteiger partial charge on any atom is -0.497 e. The molecule has 4 heteroatoms. The number of nitrogen functional groups attached to an aromatic ring is 1. The van der Waals surface area contributed by atoms with Crippen molar-refractivity contribution in [2.75, 3.05) is 12.8 Å². The number of rotatable bonds is 4. The van der Waals surface area contributed by atoms with Crippen LogP contribution in [0.4, 0.5) is 5.69 Å². The maximum Gasteiger partial charge on any atom is 0.118 e. The number of nitrogens with two attached hydrogens (primary N) is 1. The molecule has 3 aromatic rings. The van der Waals surface area contributed by atoms with Crippen molar-refractivity contribution in [2.24, 2.45) is 0 Å². The third-order valence-electron chi connectivity index (χ3n) is 3.38. The topological polar surface area (TPSA) is 53.1 Å². The summed E-state index contributed by atoms with van der Waals surface area (Å²) in [6.45, 7) is 0.735. The smallest absolute Gasteiger partial charge is 0.118 e. The predicted octanol–water partition coefficient (Wildman–Crippen LogP) is 3.19. The van der Waals surface area contributed by atoms with Crippen LogP contribution < -0.4 is 10.5 Å². The van der Waals surface area contributed by atoms with Crippen molar-refractivity contribution in [2.45, 2.75) is 6.54 Å². The second kappa shape index (κ2) is 5.71. The summed E-state index contributed by atoms with van der Waals surface area (Å²) in [7, 11) is 1.67. The highest BCUT2D eigenvalue weighted by Crippen LogP contribution is 2.20. The summed E-state index contributed by atoms with van der Waals surface area (Å²) in [6.07, 6.45) is 3.91. The first kappa shape index (κ1) is 13.2. The van der Waals surface area contributed by atoms with E-state index in [9.17, 15) is 0 Å². The Balaban J connectivity index is 1.76. The number of nitrogens with zero attached hydrogens (tertiary/aromatic N) is 2. The van der Waals surface area contributed by atoms with E-state index in [1.807, 2.05) is 65.6 Å². The molecular formula is C17H17N3O. The van der Waals surface area contributed by atoms with Gasteiger partial charge in [-0.3, -0.25) is 4.68 Å². The van der Waals surface area contributed by atoms with Crippen LogP contribution in [0.5, 0.6) is 5.75 Å². The molecule has 21 heavy (non-hydrogen) atoms. The van der Waals surface area contributed by atoms with E-state index in [0.29, 0.717) is 0 Å². The summed E-state index contributed by atoms with van der Waals surface area (Å²) in [5.74, 6) is 0.863. The summed E-state index contributed by atoms with van der Waals surface area (Å²) >= 11 is 0. The number of benzene rings is 2. The average molecular weight is 279 g/mol. The summed E-state index contributed by atoms with van der Waals surface area (Å²) in [4.78, 5) is 0. The van der Waals surface area contributed by atoms with Gasteiger partial charge in [0.1, 0.15) is 5.75 Å². The van der Waals surface area contributed by atoms with E-state index in [1.54, 1.807) is 7.11 Å². The number of hydrogen-bond donors (Lipinski definition) is 1. The molecule has 2 aromatic carbocycles. The van der Waals surface area contributed by atoms with Gasteiger partial charge < -0.3 is 10.5 Å². The Morgan fingerprint density at radius 3 is 2.38 bits per heavy atom. The van der Waals surface area contributed by atoms with Gasteiger partial charge >= 0.3 is 0 Å². The molecule has 0 unspecified atom stereocenters. The zero-order chi connectivity index (χ0) is 14.7. The predicted molar refractivity (Wildman–Crippen MR) is 84.2 cm³/mol. The molecule has 3 rings (SSSR count). The Kier molecular flexibility index (Phi) is 3.60. The number of ether oxygens (including phenoxy) is 1. The van der Waals surface area contributed by atoms with Crippen molar-refractivity contribution >= 4 is 5.69 Å². The van der Waals surface area contributed by atoms with Gasteiger partial charge in [-0.15, -0.1) is 0 Å². The lowest BCUT2D eigenvalue weighted by Crippen LogP contribution is -1.99. The van der Waals surface area contributed by atoms with E-state index in [1.165, 1.54) is 5.56 Å². The fourth-order valence-electron chi connectivity index (χ4n) is 2.19. The minimum atomic E-state index is 0.735. The molecule has 0 radical (unpaired) electrons. The second-order valence-corrected chi connectivity index (χ2v) is 4.90. The molecule has 0 bridgehead atoms. The van der Waals surface area contributed by atoms with Crippen LogP contribution in [0.25, 0.3) is 11.1 Å². The van der Waals surface area contributed by atoms with Crippen LogP contribution in [0.1, 0.15) is 5.56 Å². The lowest BCUT2D eigenvalue weighted by atomic mass is 10.1. The highest BCUT2D eigenvalue weighted by molar-refractivity contribution is 5.64. The van der Waals surface area contributed by atoms with E-state index in [0.717, 1.165) is 29.1 Å². The molecule has 0 atom stereocenters. The fourth-order valence-corrected chi connectivity index (χ4v) is 2.19. The summed E-state index contributed by atoms with van der Waals surface area (Å²) < 4.78 is 7.08. The Bertz CT molecular complexity index is 715. The van der Waals surface area contributed by atoms with Crippen molar-refractivity contribution in [1.82, 2.24) is 9.78 Å². The maximum absolute atomic E-state index is 5.70. The number of hydrogen-bond acceptors (Lipinski definition) is 3. The summed E-state index contributed by atoms with van der Waals surface area (Å²) in [5, 5.41) is 4.41. The van der Waals surface area contributed by atoms with Crippen LogP contribution in [-0.4, -0.2) is 16.9 Å². The lowest BCUT2D eigenvalue weighted by Gasteiger charge is -2.03. The molecule has 0 aliphatic carbocycles. The molecule has 1 heterocycles. The zero-order valence-electron chi connectivity index (χ0n) is 11.9. The molecular weight excluding hydrogens is 262 g/mol. The van der Waals surface area contributed by atoms with Gasteiger partial charge in [-0.25, -0.2) is 0 Å². The van der Waals surface area contributed by atoms with E-state index in [4.69, 9.17) is 10.5 Å². The standard InChI is InChI=1S/C17H17N3O/c1-21-17-8-2-13(3-9-17)11-20-12-15(10-19-20)14-4-6-16(18)7-5-14/h2-10,12H,11,18H2,1H3. The van der Waals surface area contributed by atoms with Crippen LogP contribution in [0.15, 0.2) is 60.9 Å². The van der Waals surface area contributed by atoms with E-state index < -0.39 is 0 Å². The molecule has 2 N–H and O–H groups in total. The molecule has 0 fully saturated rings. The molecule has 1 aromatic heterocycles. The van der Waals surface area contributed by atoms with Crippen LogP contribution in [0.2, 0.25) is 0 Å². The van der Waals surface area contributed by atoms with Gasteiger partial charge in [0.15, 0.2) is 0 Å². The normalized spacial score (nSPS) is 10.5. The second-order valence-electron chi connectivity index (χ2n) is 4.90. The van der Waals surface area contributed by atoms with Crippen molar-refractivity contribution in [3.63, 3.8) is 0 Å². The van der Waals surface area contributed by atoms with Crippen LogP contribution >= 0.6 is 0 Å². The van der Waals surface area contributed by atoms with E-state index in [-0.39, 0.29) is 0 Å². The zero-order valence-corrected chi connectivity index (χ0v) is 11.9. The van der Waals surface area contributed by atoms with Crippen molar-refractivity contribution < 1.29 is 4.74 Å². The molecule has 0 aliphatic rings. The molecule has 0 spiro atoms. The first-order chi connectivity index (χ1) is 10.2. The summed E-state index contributed by atoms with van der Waals surface area (Å²) in [6, 6.07) is 15.8. The average Bonchev–Trinajstić information content (AvgIpc) is 2.97. The van der Waals surface area contributed by atoms with Gasteiger partial charge in [-0.2, -0.15) is 5.10 Å². The quantitative estimate of drug-likeness (QED) is 0.746. The molecule has 0 saturated heterocycles. The molecule has 0 aliphatic heterocycles. The SMILES string of the molecule is COc1ccc(Cn2cc(-c3ccc(N)cc3)cn2)cc1. The number of anilines is 1. The third kappa shape index (κ3) is 3.05. The molecule has 0 amide bonds. The molecule has 106 valence electrons.